The van der Waals surface area contributed by atoms with Crippen LogP contribution in [0, 0.1) is 11.3 Å². The molecule has 1 aliphatic rings. The quantitative estimate of drug-likeness (QED) is 0.394. The maximum atomic E-state index is 13.0. The maximum absolute atomic E-state index is 13.0. The third-order valence-corrected chi connectivity index (χ3v) is 5.47. The van der Waals surface area contributed by atoms with E-state index in [1.807, 2.05) is 24.3 Å². The van der Waals surface area contributed by atoms with Gasteiger partial charge in [0.05, 0.1) is 17.1 Å². The highest BCUT2D eigenvalue weighted by atomic mass is 35.5. The highest BCUT2D eigenvalue weighted by Crippen LogP contribution is 2.31. The van der Waals surface area contributed by atoms with Crippen molar-refractivity contribution in [2.24, 2.45) is 7.05 Å². The zero-order valence-corrected chi connectivity index (χ0v) is 16.8. The molecule has 3 aromatic rings. The Morgan fingerprint density at radius 1 is 1.23 bits per heavy atom. The van der Waals surface area contributed by atoms with Crippen LogP contribution in [0.15, 0.2) is 54.3 Å². The molecular weight excluding hydrogens is 404 g/mol. The molecule has 1 atom stereocenters. The molecule has 0 bridgehead atoms. The zero-order valence-electron chi connectivity index (χ0n) is 16.0. The summed E-state index contributed by atoms with van der Waals surface area (Å²) in [5.74, 6) is -1.03. The van der Waals surface area contributed by atoms with Gasteiger partial charge in [-0.15, -0.1) is 0 Å². The lowest BCUT2D eigenvalue weighted by atomic mass is 10.1. The lowest BCUT2D eigenvalue weighted by Crippen LogP contribution is -2.40. The van der Waals surface area contributed by atoms with Gasteiger partial charge in [-0.1, -0.05) is 23.7 Å². The number of nitriles is 1. The van der Waals surface area contributed by atoms with Crippen LogP contribution in [0.2, 0.25) is 5.02 Å². The van der Waals surface area contributed by atoms with Crippen LogP contribution in [0.4, 0.5) is 0 Å². The van der Waals surface area contributed by atoms with E-state index in [1.165, 1.54) is 12.1 Å². The van der Waals surface area contributed by atoms with Gasteiger partial charge in [0.15, 0.2) is 5.82 Å². The van der Waals surface area contributed by atoms with Gasteiger partial charge in [0.1, 0.15) is 17.4 Å². The number of benzene rings is 2. The predicted octanol–water partition coefficient (Wildman–Crippen LogP) is 3.85. The second-order valence-corrected chi connectivity index (χ2v) is 7.42. The fraction of sp³-hybridized carbons (Fsp3) is 0.182. The van der Waals surface area contributed by atoms with E-state index in [1.54, 1.807) is 29.8 Å². The Morgan fingerprint density at radius 2 is 1.93 bits per heavy atom. The van der Waals surface area contributed by atoms with Crippen LogP contribution >= 0.6 is 11.6 Å². The summed E-state index contributed by atoms with van der Waals surface area (Å²) in [4.78, 5) is 30.9. The molecule has 0 spiro atoms. The van der Waals surface area contributed by atoms with Crippen LogP contribution in [0.25, 0.3) is 16.6 Å². The molecule has 1 N–H and O–H groups in total. The van der Waals surface area contributed by atoms with E-state index in [0.29, 0.717) is 10.5 Å². The number of carbonyl (C=O) groups excluding carboxylic acids is 2. The molecule has 8 heteroatoms. The Morgan fingerprint density at radius 3 is 2.60 bits per heavy atom. The molecule has 1 aromatic heterocycles. The van der Waals surface area contributed by atoms with Gasteiger partial charge in [-0.3, -0.25) is 14.5 Å². The standard InChI is InChI=1S/C22H17ClN4O3/c1-26-17-5-3-2-4-16(17)25-21(26)15(12-24)20(29)18-10-11-19(28)27(18)22(30)13-6-8-14(23)9-7-13/h2-9,18,29H,10-11H2,1H3. The number of aliphatic hydroxyl groups is 1. The van der Waals surface area contributed by atoms with Crippen LogP contribution < -0.4 is 0 Å². The van der Waals surface area contributed by atoms with E-state index >= 15 is 0 Å². The van der Waals surface area contributed by atoms with Crippen LogP contribution in [0.1, 0.15) is 29.0 Å². The Labute approximate surface area is 177 Å². The van der Waals surface area contributed by atoms with Crippen LogP contribution in [-0.4, -0.2) is 37.4 Å². The van der Waals surface area contributed by atoms with Crippen molar-refractivity contribution in [3.8, 4) is 6.07 Å². The molecule has 0 saturated carbocycles. The van der Waals surface area contributed by atoms with E-state index in [2.05, 4.69) is 4.98 Å². The van der Waals surface area contributed by atoms with Crippen molar-refractivity contribution < 1.29 is 14.7 Å². The number of hydrogen-bond acceptors (Lipinski definition) is 5. The third-order valence-electron chi connectivity index (χ3n) is 5.22. The van der Waals surface area contributed by atoms with Gasteiger partial charge in [-0.05, 0) is 42.8 Å². The van der Waals surface area contributed by atoms with Crippen molar-refractivity contribution in [3.05, 3.63) is 70.7 Å². The average Bonchev–Trinajstić information content (AvgIpc) is 3.29. The predicted molar refractivity (Wildman–Crippen MR) is 112 cm³/mol. The van der Waals surface area contributed by atoms with Crippen LogP contribution in [0.5, 0.6) is 0 Å². The first-order valence-corrected chi connectivity index (χ1v) is 9.67. The van der Waals surface area contributed by atoms with Gasteiger partial charge in [-0.25, -0.2) is 4.98 Å². The minimum Gasteiger partial charge on any atom is -0.509 e. The van der Waals surface area contributed by atoms with Crippen molar-refractivity contribution in [1.29, 1.82) is 5.26 Å². The first kappa shape index (κ1) is 19.7. The smallest absolute Gasteiger partial charge is 0.261 e. The second kappa shape index (κ2) is 7.65. The number of aryl methyl sites for hydroxylation is 1. The molecule has 0 radical (unpaired) electrons. The molecule has 150 valence electrons. The number of allylic oxidation sites excluding steroid dienone is 1. The van der Waals surface area contributed by atoms with Crippen molar-refractivity contribution >= 4 is 40.0 Å². The monoisotopic (exact) mass is 420 g/mol. The zero-order chi connectivity index (χ0) is 21.4. The minimum atomic E-state index is -0.935. The number of aromatic nitrogens is 2. The summed E-state index contributed by atoms with van der Waals surface area (Å²) >= 11 is 5.88. The number of para-hydroxylation sites is 2. The summed E-state index contributed by atoms with van der Waals surface area (Å²) < 4.78 is 1.70. The third kappa shape index (κ3) is 3.21. The lowest BCUT2D eigenvalue weighted by Gasteiger charge is -2.23. The summed E-state index contributed by atoms with van der Waals surface area (Å²) in [7, 11) is 1.74. The first-order valence-electron chi connectivity index (χ1n) is 9.29. The number of carbonyl (C=O) groups is 2. The molecular formula is C22H17ClN4O3. The number of nitrogens with zero attached hydrogens (tertiary/aromatic N) is 4. The molecule has 1 fully saturated rings. The molecule has 1 aliphatic heterocycles. The van der Waals surface area contributed by atoms with Crippen molar-refractivity contribution in [3.63, 3.8) is 0 Å². The molecule has 7 nitrogen and oxygen atoms in total. The SMILES string of the molecule is Cn1c(C(C#N)=C(O)C2CCC(=O)N2C(=O)c2ccc(Cl)cc2)nc2ccccc21. The Balaban J connectivity index is 1.77. The van der Waals surface area contributed by atoms with E-state index < -0.39 is 17.9 Å². The molecule has 30 heavy (non-hydrogen) atoms. The molecule has 4 rings (SSSR count). The maximum Gasteiger partial charge on any atom is 0.261 e. The number of aliphatic hydroxyl groups excluding tert-OH is 1. The van der Waals surface area contributed by atoms with Crippen LogP contribution in [0.3, 0.4) is 0 Å². The van der Waals surface area contributed by atoms with Crippen molar-refractivity contribution in [1.82, 2.24) is 14.5 Å². The molecule has 0 aliphatic carbocycles. The number of rotatable bonds is 3. The van der Waals surface area contributed by atoms with Gasteiger partial charge >= 0.3 is 0 Å². The largest absolute Gasteiger partial charge is 0.509 e. The number of amides is 2. The molecule has 1 saturated heterocycles. The van der Waals surface area contributed by atoms with Gasteiger partial charge in [0.2, 0.25) is 5.91 Å². The number of imide groups is 1. The highest BCUT2D eigenvalue weighted by Gasteiger charge is 2.40. The summed E-state index contributed by atoms with van der Waals surface area (Å²) in [6, 6.07) is 14.6. The number of halogens is 1. The fourth-order valence-corrected chi connectivity index (χ4v) is 3.81. The Bertz CT molecular complexity index is 1240. The van der Waals surface area contributed by atoms with Gasteiger partial charge in [0, 0.05) is 24.1 Å². The van der Waals surface area contributed by atoms with E-state index in [9.17, 15) is 20.0 Å². The average molecular weight is 421 g/mol. The summed E-state index contributed by atoms with van der Waals surface area (Å²) in [6.45, 7) is 0. The lowest BCUT2D eigenvalue weighted by molar-refractivity contribution is -0.126. The fourth-order valence-electron chi connectivity index (χ4n) is 3.69. The topological polar surface area (TPSA) is 99.2 Å². The van der Waals surface area contributed by atoms with E-state index in [0.717, 1.165) is 10.4 Å². The molecule has 2 heterocycles. The van der Waals surface area contributed by atoms with Crippen molar-refractivity contribution in [2.45, 2.75) is 18.9 Å². The number of imidazole rings is 1. The van der Waals surface area contributed by atoms with Crippen molar-refractivity contribution in [2.75, 3.05) is 0 Å². The molecule has 1 unspecified atom stereocenters. The summed E-state index contributed by atoms with van der Waals surface area (Å²) in [5.41, 5.74) is 1.67. The summed E-state index contributed by atoms with van der Waals surface area (Å²) in [5, 5.41) is 21.2. The minimum absolute atomic E-state index is 0.0673. The van der Waals surface area contributed by atoms with Gasteiger partial charge < -0.3 is 9.67 Å². The normalized spacial score (nSPS) is 17.2. The molecule has 2 aromatic carbocycles. The Kier molecular flexibility index (Phi) is 5.02. The van der Waals surface area contributed by atoms with Gasteiger partial charge in [-0.2, -0.15) is 5.26 Å². The molecule has 2 amide bonds. The van der Waals surface area contributed by atoms with E-state index in [4.69, 9.17) is 11.6 Å². The Hall–Kier alpha value is -3.63. The first-order chi connectivity index (χ1) is 14.4. The van der Waals surface area contributed by atoms with Crippen LogP contribution in [-0.2, 0) is 11.8 Å². The number of likely N-dealkylation sites (tertiary alicyclic amines) is 1. The number of fused-ring (bicyclic) bond motifs is 1. The highest BCUT2D eigenvalue weighted by molar-refractivity contribution is 6.30. The van der Waals surface area contributed by atoms with Gasteiger partial charge in [0.25, 0.3) is 5.91 Å². The van der Waals surface area contributed by atoms with E-state index in [-0.39, 0.29) is 35.6 Å². The number of hydrogen-bond donors (Lipinski definition) is 1. The second-order valence-electron chi connectivity index (χ2n) is 6.99. The summed E-state index contributed by atoms with van der Waals surface area (Å²) in [6.07, 6.45) is 0.314.